The maximum atomic E-state index is 13.5. The van der Waals surface area contributed by atoms with Crippen LogP contribution >= 0.6 is 21.9 Å². The number of hydrogen-bond donors (Lipinski definition) is 1. The van der Waals surface area contributed by atoms with Crippen LogP contribution in [0.4, 0.5) is 4.79 Å². The van der Waals surface area contributed by atoms with Crippen LogP contribution in [0.15, 0.2) is 61.1 Å². The number of ether oxygens (including phenoxy) is 1. The molecule has 0 spiro atoms. The Labute approximate surface area is 285 Å². The van der Waals surface area contributed by atoms with Crippen LogP contribution in [0.1, 0.15) is 85.1 Å². The molecule has 0 saturated heterocycles. The van der Waals surface area contributed by atoms with Crippen LogP contribution < -0.4 is 0 Å². The number of carbonyl (C=O) groups excluding carboxylic acids is 2. The van der Waals surface area contributed by atoms with Gasteiger partial charge in [0, 0.05) is 54.6 Å². The summed E-state index contributed by atoms with van der Waals surface area (Å²) in [5.41, 5.74) is 2.22. The quantitative estimate of drug-likeness (QED) is 0.195. The van der Waals surface area contributed by atoms with E-state index in [1.54, 1.807) is 42.5 Å². The molecule has 12 heteroatoms. The summed E-state index contributed by atoms with van der Waals surface area (Å²) in [6, 6.07) is 12.3. The first-order valence-corrected chi connectivity index (χ1v) is 18.0. The Morgan fingerprint density at radius 1 is 0.936 bits per heavy atom. The second kappa shape index (κ2) is 15.5. The van der Waals surface area contributed by atoms with E-state index in [0.29, 0.717) is 29.2 Å². The van der Waals surface area contributed by atoms with Crippen molar-refractivity contribution in [2.75, 3.05) is 32.6 Å². The molecule has 0 aliphatic rings. The average molecular weight is 687 g/mol. The highest BCUT2D eigenvalue weighted by molar-refractivity contribution is 8.29. The first-order valence-electron chi connectivity index (χ1n) is 15.3. The molecule has 2 aromatic heterocycles. The number of nitrogens with zero attached hydrogens (tertiary/aromatic N) is 4. The van der Waals surface area contributed by atoms with Crippen molar-refractivity contribution >= 4 is 39.9 Å². The number of halogens is 1. The molecule has 0 fully saturated rings. The predicted molar refractivity (Wildman–Crippen MR) is 187 cm³/mol. The summed E-state index contributed by atoms with van der Waals surface area (Å²) in [4.78, 5) is 49.3. The molecular weight excluding hydrogens is 640 g/mol. The lowest BCUT2D eigenvalue weighted by Gasteiger charge is -2.46. The van der Waals surface area contributed by atoms with Crippen molar-refractivity contribution in [2.45, 2.75) is 71.0 Å². The van der Waals surface area contributed by atoms with Crippen LogP contribution in [0.5, 0.6) is 0 Å². The van der Waals surface area contributed by atoms with E-state index in [1.807, 2.05) is 39.0 Å². The second-order valence-electron chi connectivity index (χ2n) is 13.8. The van der Waals surface area contributed by atoms with Gasteiger partial charge in [-0.1, -0.05) is 50.6 Å². The van der Waals surface area contributed by atoms with Crippen molar-refractivity contribution in [3.63, 3.8) is 0 Å². The molecule has 1 N–H and O–H groups in total. The lowest BCUT2D eigenvalue weighted by atomic mass is 10.1. The Morgan fingerprint density at radius 2 is 1.60 bits per heavy atom. The summed E-state index contributed by atoms with van der Waals surface area (Å²) >= 11 is 6.09. The standard InChI is InChI=1S/C35H47ClN4O6S/c1-34(2,3)45-33(44)40(23-29(27-14-15-30(36)38-21-27)46-47(8,9)35(4,5)6)17-16-24-10-12-26(13-11-24)31(41)39(7)22-25-18-28(32(42)43)20-37-19-25/h10-15,18-21,29H,16-17,22-23H2,1-9H3,(H,42,43). The molecule has 47 heavy (non-hydrogen) atoms. The number of benzene rings is 1. The Morgan fingerprint density at radius 3 is 2.15 bits per heavy atom. The first-order chi connectivity index (χ1) is 21.8. The van der Waals surface area contributed by atoms with Crippen molar-refractivity contribution in [2.24, 2.45) is 0 Å². The lowest BCUT2D eigenvalue weighted by molar-refractivity contribution is 0.0177. The molecule has 256 valence electrons. The molecule has 2 amide bonds. The molecule has 0 aliphatic carbocycles. The Balaban J connectivity index is 1.78. The number of hydrogen-bond acceptors (Lipinski definition) is 7. The van der Waals surface area contributed by atoms with Crippen LogP contribution in [0.25, 0.3) is 0 Å². The van der Waals surface area contributed by atoms with Crippen LogP contribution in [-0.2, 0) is 21.9 Å². The molecule has 2 heterocycles. The summed E-state index contributed by atoms with van der Waals surface area (Å²) in [6.45, 7) is 12.7. The third kappa shape index (κ3) is 11.2. The normalized spacial score (nSPS) is 13.1. The highest BCUT2D eigenvalue weighted by atomic mass is 35.5. The minimum absolute atomic E-state index is 0.0648. The average Bonchev–Trinajstić information content (AvgIpc) is 2.97. The number of amides is 2. The molecule has 0 aliphatic heterocycles. The first kappa shape index (κ1) is 37.8. The second-order valence-corrected chi connectivity index (χ2v) is 18.0. The Hall–Kier alpha value is -3.67. The zero-order chi connectivity index (χ0) is 35.2. The molecule has 1 unspecified atom stereocenters. The van der Waals surface area contributed by atoms with Gasteiger partial charge in [0.1, 0.15) is 16.9 Å². The number of carboxylic acid groups (broad SMARTS) is 1. The van der Waals surface area contributed by atoms with E-state index in [0.717, 1.165) is 11.1 Å². The van der Waals surface area contributed by atoms with Crippen LogP contribution in [0.3, 0.4) is 0 Å². The third-order valence-electron chi connectivity index (χ3n) is 7.67. The molecule has 0 bridgehead atoms. The molecule has 3 aromatic rings. The van der Waals surface area contributed by atoms with Gasteiger partial charge in [-0.3, -0.25) is 9.78 Å². The smallest absolute Gasteiger partial charge is 0.410 e. The van der Waals surface area contributed by atoms with Crippen molar-refractivity contribution in [3.05, 3.63) is 94.0 Å². The van der Waals surface area contributed by atoms with E-state index >= 15 is 0 Å². The maximum absolute atomic E-state index is 13.5. The molecule has 3 rings (SSSR count). The minimum Gasteiger partial charge on any atom is -0.478 e. The summed E-state index contributed by atoms with van der Waals surface area (Å²) in [6.07, 6.45) is 8.32. The number of aromatic carboxylic acids is 1. The topological polar surface area (TPSA) is 122 Å². The number of pyridine rings is 2. The van der Waals surface area contributed by atoms with Gasteiger partial charge in [-0.25, -0.2) is 14.6 Å². The largest absolute Gasteiger partial charge is 0.478 e. The predicted octanol–water partition coefficient (Wildman–Crippen LogP) is 7.42. The van der Waals surface area contributed by atoms with Gasteiger partial charge in [0.2, 0.25) is 0 Å². The molecule has 0 saturated carbocycles. The highest BCUT2D eigenvalue weighted by Crippen LogP contribution is 2.56. The van der Waals surface area contributed by atoms with E-state index in [2.05, 4.69) is 43.3 Å². The van der Waals surface area contributed by atoms with Gasteiger partial charge in [-0.05, 0) is 75.1 Å². The lowest BCUT2D eigenvalue weighted by Crippen LogP contribution is -2.41. The number of aromatic nitrogens is 2. The van der Waals surface area contributed by atoms with Crippen LogP contribution in [0, 0.1) is 0 Å². The fourth-order valence-corrected chi connectivity index (χ4v) is 5.48. The summed E-state index contributed by atoms with van der Waals surface area (Å²) in [5.74, 6) is -1.29. The van der Waals surface area contributed by atoms with Gasteiger partial charge in [0.25, 0.3) is 5.91 Å². The van der Waals surface area contributed by atoms with Crippen molar-refractivity contribution in [1.82, 2.24) is 19.8 Å². The van der Waals surface area contributed by atoms with E-state index in [-0.39, 0.29) is 29.3 Å². The van der Waals surface area contributed by atoms with Gasteiger partial charge in [0.15, 0.2) is 0 Å². The highest BCUT2D eigenvalue weighted by Gasteiger charge is 2.34. The molecule has 0 radical (unpaired) electrons. The fraction of sp³-hybridized carbons (Fsp3) is 0.457. The summed E-state index contributed by atoms with van der Waals surface area (Å²) in [7, 11) is 0.0727. The number of carboxylic acids is 1. The Bertz CT molecular complexity index is 1540. The number of carbonyl (C=O) groups is 3. The molecule has 10 nitrogen and oxygen atoms in total. The van der Waals surface area contributed by atoms with Crippen molar-refractivity contribution < 1.29 is 28.4 Å². The molecule has 1 atom stereocenters. The van der Waals surface area contributed by atoms with E-state index in [4.69, 9.17) is 20.5 Å². The Kier molecular flexibility index (Phi) is 12.5. The number of rotatable bonds is 12. The maximum Gasteiger partial charge on any atom is 0.410 e. The third-order valence-corrected chi connectivity index (χ3v) is 11.6. The van der Waals surface area contributed by atoms with Gasteiger partial charge >= 0.3 is 12.1 Å². The summed E-state index contributed by atoms with van der Waals surface area (Å²) in [5, 5.41) is 9.60. The minimum atomic E-state index is -1.58. The summed E-state index contributed by atoms with van der Waals surface area (Å²) < 4.78 is 12.5. The van der Waals surface area contributed by atoms with Crippen LogP contribution in [-0.4, -0.2) is 85.8 Å². The van der Waals surface area contributed by atoms with Gasteiger partial charge in [-0.15, -0.1) is 10.3 Å². The zero-order valence-electron chi connectivity index (χ0n) is 28.7. The van der Waals surface area contributed by atoms with Gasteiger partial charge in [-0.2, -0.15) is 0 Å². The molecule has 1 aromatic carbocycles. The zero-order valence-corrected chi connectivity index (χ0v) is 30.3. The van der Waals surface area contributed by atoms with E-state index in [9.17, 15) is 19.5 Å². The van der Waals surface area contributed by atoms with Gasteiger partial charge < -0.3 is 23.8 Å². The van der Waals surface area contributed by atoms with Gasteiger partial charge in [0.05, 0.1) is 12.1 Å². The van der Waals surface area contributed by atoms with Crippen LogP contribution in [0.2, 0.25) is 5.15 Å². The van der Waals surface area contributed by atoms with E-state index in [1.165, 1.54) is 17.2 Å². The monoisotopic (exact) mass is 686 g/mol. The SMILES string of the molecule is CN(Cc1cncc(C(=O)O)c1)C(=O)c1ccc(CCN(CC(OS(C)(C)C(C)(C)C)c2ccc(Cl)nc2)C(=O)OC(C)(C)C)cc1. The van der Waals surface area contributed by atoms with Crippen molar-refractivity contribution in [1.29, 1.82) is 0 Å². The fourth-order valence-electron chi connectivity index (χ4n) is 4.32. The van der Waals surface area contributed by atoms with E-state index < -0.39 is 34.1 Å². The van der Waals surface area contributed by atoms with Crippen molar-refractivity contribution in [3.8, 4) is 0 Å². The molecular formula is C35H47ClN4O6S.